The van der Waals surface area contributed by atoms with Crippen LogP contribution < -0.4 is 0 Å². The maximum atomic E-state index is 13.7. The summed E-state index contributed by atoms with van der Waals surface area (Å²) < 4.78 is 29.8. The summed E-state index contributed by atoms with van der Waals surface area (Å²) in [7, 11) is 0. The molecule has 1 saturated heterocycles. The number of ether oxygens (including phenoxy) is 5. The lowest BCUT2D eigenvalue weighted by molar-refractivity contribution is -0.206. The van der Waals surface area contributed by atoms with E-state index < -0.39 is 60.3 Å². The number of rotatable bonds is 9. The minimum Gasteiger partial charge on any atom is -0.459 e. The zero-order valence-electron chi connectivity index (χ0n) is 27.0. The molecule has 0 radical (unpaired) electrons. The molecule has 1 heterocycles. The van der Waals surface area contributed by atoms with Gasteiger partial charge in [0, 0.05) is 0 Å². The van der Waals surface area contributed by atoms with E-state index in [1.807, 2.05) is 0 Å². The smallest absolute Gasteiger partial charge is 0.338 e. The molecule has 0 N–H and O–H groups in total. The van der Waals surface area contributed by atoms with Crippen LogP contribution in [0.15, 0.2) is 97.1 Å². The molecule has 5 atom stereocenters. The summed E-state index contributed by atoms with van der Waals surface area (Å²) in [6.07, 6.45) is -5.33. The number of aryl methyl sites for hydroxylation is 4. The molecule has 248 valence electrons. The van der Waals surface area contributed by atoms with E-state index in [0.29, 0.717) is 27.8 Å². The van der Waals surface area contributed by atoms with Crippen molar-refractivity contribution in [1.82, 2.24) is 0 Å². The molecule has 0 unspecified atom stereocenters. The van der Waals surface area contributed by atoms with Crippen molar-refractivity contribution >= 4 is 36.5 Å². The first-order valence-corrected chi connectivity index (χ1v) is 15.9. The van der Waals surface area contributed by atoms with Crippen LogP contribution in [-0.4, -0.2) is 60.3 Å². The van der Waals surface area contributed by atoms with Gasteiger partial charge in [-0.15, -0.1) is 12.6 Å². The van der Waals surface area contributed by atoms with Crippen LogP contribution in [0.4, 0.5) is 0 Å². The third kappa shape index (κ3) is 7.78. The minimum absolute atomic E-state index is 0.259. The lowest BCUT2D eigenvalue weighted by atomic mass is 9.98. The molecule has 0 aliphatic carbocycles. The molecule has 9 nitrogen and oxygen atoms in total. The maximum absolute atomic E-state index is 13.7. The Morgan fingerprint density at radius 1 is 0.521 bits per heavy atom. The average molecular weight is 669 g/mol. The molecule has 0 saturated carbocycles. The van der Waals surface area contributed by atoms with Crippen LogP contribution >= 0.6 is 12.6 Å². The SMILES string of the molecule is Cc1ccccc1C(=O)OC[C@H]1O[C@@H](S)[C@H](OC(=O)c2ccccc2C)[C@@H](OC(=O)c2ccccc2C)[C@@H]1OC(=O)c1ccccc1C. The van der Waals surface area contributed by atoms with E-state index in [0.717, 1.165) is 0 Å². The monoisotopic (exact) mass is 668 g/mol. The van der Waals surface area contributed by atoms with Crippen LogP contribution in [-0.2, 0) is 23.7 Å². The van der Waals surface area contributed by atoms with Gasteiger partial charge in [-0.05, 0) is 74.2 Å². The highest BCUT2D eigenvalue weighted by Gasteiger charge is 2.52. The van der Waals surface area contributed by atoms with Crippen molar-refractivity contribution in [2.75, 3.05) is 6.61 Å². The number of hydrogen-bond acceptors (Lipinski definition) is 10. The summed E-state index contributed by atoms with van der Waals surface area (Å²) in [5.41, 5.74) is 2.62. The molecule has 0 amide bonds. The normalized spacial score (nSPS) is 20.3. The highest BCUT2D eigenvalue weighted by Crippen LogP contribution is 2.33. The van der Waals surface area contributed by atoms with Crippen molar-refractivity contribution in [3.63, 3.8) is 0 Å². The van der Waals surface area contributed by atoms with Crippen molar-refractivity contribution < 1.29 is 42.9 Å². The Morgan fingerprint density at radius 2 is 0.854 bits per heavy atom. The summed E-state index contributed by atoms with van der Waals surface area (Å²) in [6, 6.07) is 27.4. The number of benzene rings is 4. The van der Waals surface area contributed by atoms with Gasteiger partial charge in [-0.1, -0.05) is 72.8 Å². The number of carbonyl (C=O) groups excluding carboxylic acids is 4. The maximum Gasteiger partial charge on any atom is 0.338 e. The van der Waals surface area contributed by atoms with Gasteiger partial charge in [0.25, 0.3) is 0 Å². The van der Waals surface area contributed by atoms with Gasteiger partial charge < -0.3 is 23.7 Å². The van der Waals surface area contributed by atoms with Crippen LogP contribution in [0.5, 0.6) is 0 Å². The second-order valence-electron chi connectivity index (χ2n) is 11.5. The van der Waals surface area contributed by atoms with E-state index in [-0.39, 0.29) is 16.7 Å². The minimum atomic E-state index is -1.42. The van der Waals surface area contributed by atoms with Crippen molar-refractivity contribution in [1.29, 1.82) is 0 Å². The molecule has 4 aromatic carbocycles. The Balaban J connectivity index is 1.53. The Bertz CT molecular complexity index is 1820. The summed E-state index contributed by atoms with van der Waals surface area (Å²) >= 11 is 4.59. The molecule has 10 heteroatoms. The van der Waals surface area contributed by atoms with Crippen LogP contribution in [0.3, 0.4) is 0 Å². The topological polar surface area (TPSA) is 114 Å². The van der Waals surface area contributed by atoms with Crippen molar-refractivity contribution in [3.8, 4) is 0 Å². The largest absolute Gasteiger partial charge is 0.459 e. The summed E-state index contributed by atoms with van der Waals surface area (Å²) in [6.45, 7) is 6.64. The fourth-order valence-electron chi connectivity index (χ4n) is 5.44. The Hall–Kier alpha value is -4.93. The number of hydrogen-bond donors (Lipinski definition) is 1. The second-order valence-corrected chi connectivity index (χ2v) is 12.0. The zero-order valence-corrected chi connectivity index (χ0v) is 27.8. The molecule has 1 fully saturated rings. The summed E-state index contributed by atoms with van der Waals surface area (Å²) in [5.74, 6) is -2.83. The third-order valence-electron chi connectivity index (χ3n) is 8.18. The van der Waals surface area contributed by atoms with E-state index in [1.54, 1.807) is 125 Å². The Kier molecular flexibility index (Phi) is 11.0. The van der Waals surface area contributed by atoms with Gasteiger partial charge in [0.2, 0.25) is 0 Å². The van der Waals surface area contributed by atoms with Gasteiger partial charge in [0.05, 0.1) is 22.3 Å². The first kappa shape index (κ1) is 34.4. The first-order valence-electron chi connectivity index (χ1n) is 15.4. The van der Waals surface area contributed by atoms with Crippen molar-refractivity contribution in [3.05, 3.63) is 142 Å². The van der Waals surface area contributed by atoms with E-state index >= 15 is 0 Å². The van der Waals surface area contributed by atoms with E-state index in [2.05, 4.69) is 12.6 Å². The number of carbonyl (C=O) groups is 4. The zero-order chi connectivity index (χ0) is 34.4. The number of esters is 4. The Labute approximate surface area is 284 Å². The highest BCUT2D eigenvalue weighted by atomic mass is 32.1. The summed E-state index contributed by atoms with van der Waals surface area (Å²) in [5, 5.41) is 0. The van der Waals surface area contributed by atoms with Gasteiger partial charge >= 0.3 is 23.9 Å². The van der Waals surface area contributed by atoms with Crippen molar-refractivity contribution in [2.24, 2.45) is 0 Å². The average Bonchev–Trinajstić information content (AvgIpc) is 3.07. The van der Waals surface area contributed by atoms with E-state index in [9.17, 15) is 19.2 Å². The molecule has 4 aromatic rings. The van der Waals surface area contributed by atoms with Gasteiger partial charge in [-0.25, -0.2) is 19.2 Å². The van der Waals surface area contributed by atoms with Crippen LogP contribution in [0, 0.1) is 27.7 Å². The fourth-order valence-corrected chi connectivity index (χ4v) is 5.82. The van der Waals surface area contributed by atoms with Gasteiger partial charge in [0.1, 0.15) is 18.1 Å². The molecular weight excluding hydrogens is 632 g/mol. The van der Waals surface area contributed by atoms with Crippen molar-refractivity contribution in [2.45, 2.75) is 57.5 Å². The molecule has 0 spiro atoms. The highest BCUT2D eigenvalue weighted by molar-refractivity contribution is 7.80. The predicted octanol–water partition coefficient (Wildman–Crippen LogP) is 6.41. The molecule has 48 heavy (non-hydrogen) atoms. The molecule has 1 aliphatic heterocycles. The Morgan fingerprint density at radius 3 is 1.25 bits per heavy atom. The number of thiol groups is 1. The fraction of sp³-hybridized carbons (Fsp3) is 0.263. The second kappa shape index (κ2) is 15.3. The lowest BCUT2D eigenvalue weighted by Crippen LogP contribution is -2.61. The predicted molar refractivity (Wildman–Crippen MR) is 180 cm³/mol. The van der Waals surface area contributed by atoms with Crippen LogP contribution in [0.1, 0.15) is 63.7 Å². The molecule has 5 rings (SSSR count). The quantitative estimate of drug-likeness (QED) is 0.123. The third-order valence-corrected chi connectivity index (χ3v) is 8.59. The molecular formula is C38H36O9S. The lowest BCUT2D eigenvalue weighted by Gasteiger charge is -2.43. The van der Waals surface area contributed by atoms with Crippen LogP contribution in [0.2, 0.25) is 0 Å². The first-order chi connectivity index (χ1) is 23.0. The molecule has 0 bridgehead atoms. The van der Waals surface area contributed by atoms with E-state index in [1.165, 1.54) is 0 Å². The van der Waals surface area contributed by atoms with Gasteiger partial charge in [-0.3, -0.25) is 0 Å². The van der Waals surface area contributed by atoms with Crippen LogP contribution in [0.25, 0.3) is 0 Å². The molecule has 1 aliphatic rings. The summed E-state index contributed by atoms with van der Waals surface area (Å²) in [4.78, 5) is 53.9. The van der Waals surface area contributed by atoms with Gasteiger partial charge in [-0.2, -0.15) is 0 Å². The molecule has 0 aromatic heterocycles. The van der Waals surface area contributed by atoms with Gasteiger partial charge in [0.15, 0.2) is 18.3 Å². The standard InChI is InChI=1S/C38H36O9S/c1-22-13-5-9-17-26(22)34(39)43-21-30-31(45-35(40)27-18-10-6-14-23(27)2)32(46-36(41)28-19-11-7-15-24(28)3)33(38(48)44-30)47-37(42)29-20-12-8-16-25(29)4/h5-20,30-33,38,48H,21H2,1-4H3/t30-,31-,32+,33-,38+/m1/s1. The van der Waals surface area contributed by atoms with E-state index in [4.69, 9.17) is 23.7 Å².